The molecule has 1 aliphatic rings. The molecule has 1 atom stereocenters. The average molecular weight is 364 g/mol. The first-order valence-corrected chi connectivity index (χ1v) is 9.74. The Bertz CT molecular complexity index is 746. The normalized spacial score (nSPS) is 18.4. The number of carbonyl (C=O) groups excluding carboxylic acids is 1. The number of benzene rings is 1. The summed E-state index contributed by atoms with van der Waals surface area (Å²) in [6.07, 6.45) is 4.95. The number of hydrogen-bond donors (Lipinski definition) is 1. The summed E-state index contributed by atoms with van der Waals surface area (Å²) in [6.45, 7) is 4.82. The van der Waals surface area contributed by atoms with Gasteiger partial charge in [-0.1, -0.05) is 13.3 Å². The zero-order chi connectivity index (χ0) is 17.8. The van der Waals surface area contributed by atoms with Gasteiger partial charge in [0.1, 0.15) is 16.4 Å². The fourth-order valence-corrected chi connectivity index (χ4v) is 4.68. The highest BCUT2D eigenvalue weighted by Crippen LogP contribution is 2.37. The van der Waals surface area contributed by atoms with Crippen LogP contribution in [0.25, 0.3) is 10.1 Å². The summed E-state index contributed by atoms with van der Waals surface area (Å²) in [7, 11) is 1.52. The number of likely N-dealkylation sites (tertiary alicyclic amines) is 1. The second-order valence-electron chi connectivity index (χ2n) is 6.45. The molecular weight excluding hydrogens is 339 g/mol. The summed E-state index contributed by atoms with van der Waals surface area (Å²) in [4.78, 5) is 15.6. The summed E-state index contributed by atoms with van der Waals surface area (Å²) in [6, 6.07) is 5.14. The first-order chi connectivity index (χ1) is 12.1. The third-order valence-corrected chi connectivity index (χ3v) is 6.07. The van der Waals surface area contributed by atoms with E-state index in [0.717, 1.165) is 24.2 Å². The van der Waals surface area contributed by atoms with E-state index >= 15 is 0 Å². The zero-order valence-corrected chi connectivity index (χ0v) is 15.6. The van der Waals surface area contributed by atoms with Crippen LogP contribution in [0.5, 0.6) is 5.75 Å². The van der Waals surface area contributed by atoms with Crippen LogP contribution in [0.3, 0.4) is 0 Å². The van der Waals surface area contributed by atoms with Crippen LogP contribution in [0.4, 0.5) is 4.39 Å². The molecule has 0 radical (unpaired) electrons. The van der Waals surface area contributed by atoms with Crippen molar-refractivity contribution in [2.24, 2.45) is 0 Å². The lowest BCUT2D eigenvalue weighted by molar-refractivity contribution is 0.0935. The first kappa shape index (κ1) is 18.1. The standard InChI is InChI=1S/C19H25FN2O2S/c1-3-14-6-4-5-10-22(14)11-9-21-19(23)18-17(24-2)15-12-13(20)7-8-16(15)25-18/h7-8,12,14H,3-6,9-11H2,1-2H3,(H,21,23)/t14-/m1/s1. The molecule has 1 amide bonds. The molecule has 25 heavy (non-hydrogen) atoms. The van der Waals surface area contributed by atoms with Crippen molar-refractivity contribution in [1.29, 1.82) is 0 Å². The van der Waals surface area contributed by atoms with Crippen LogP contribution < -0.4 is 10.1 Å². The number of amides is 1. The van der Waals surface area contributed by atoms with Crippen LogP contribution in [0, 0.1) is 5.82 Å². The van der Waals surface area contributed by atoms with E-state index in [9.17, 15) is 9.18 Å². The van der Waals surface area contributed by atoms with Crippen molar-refractivity contribution < 1.29 is 13.9 Å². The lowest BCUT2D eigenvalue weighted by atomic mass is 10.0. The van der Waals surface area contributed by atoms with Gasteiger partial charge in [0.15, 0.2) is 0 Å². The summed E-state index contributed by atoms with van der Waals surface area (Å²) in [5.74, 6) is -0.0174. The van der Waals surface area contributed by atoms with E-state index in [0.29, 0.717) is 28.6 Å². The van der Waals surface area contributed by atoms with E-state index in [-0.39, 0.29) is 11.7 Å². The Morgan fingerprint density at radius 1 is 1.44 bits per heavy atom. The van der Waals surface area contributed by atoms with Crippen LogP contribution >= 0.6 is 11.3 Å². The molecule has 4 nitrogen and oxygen atoms in total. The minimum absolute atomic E-state index is 0.150. The molecule has 2 aromatic rings. The number of piperidine rings is 1. The topological polar surface area (TPSA) is 41.6 Å². The Labute approximate surface area is 152 Å². The fraction of sp³-hybridized carbons (Fsp3) is 0.526. The quantitative estimate of drug-likeness (QED) is 0.841. The molecule has 6 heteroatoms. The molecule has 0 unspecified atom stereocenters. The maximum Gasteiger partial charge on any atom is 0.265 e. The van der Waals surface area contributed by atoms with Crippen molar-refractivity contribution in [2.75, 3.05) is 26.7 Å². The van der Waals surface area contributed by atoms with Gasteiger partial charge >= 0.3 is 0 Å². The smallest absolute Gasteiger partial charge is 0.265 e. The number of nitrogens with one attached hydrogen (secondary N) is 1. The van der Waals surface area contributed by atoms with Crippen molar-refractivity contribution >= 4 is 27.3 Å². The molecule has 1 fully saturated rings. The van der Waals surface area contributed by atoms with Crippen molar-refractivity contribution in [3.8, 4) is 5.75 Å². The molecule has 1 saturated heterocycles. The van der Waals surface area contributed by atoms with Crippen LogP contribution in [-0.2, 0) is 0 Å². The maximum absolute atomic E-state index is 13.5. The fourth-order valence-electron chi connectivity index (χ4n) is 3.61. The molecule has 2 heterocycles. The molecule has 1 aromatic carbocycles. The predicted octanol–water partition coefficient (Wildman–Crippen LogP) is 4.04. The van der Waals surface area contributed by atoms with Crippen molar-refractivity contribution in [3.63, 3.8) is 0 Å². The lowest BCUT2D eigenvalue weighted by Crippen LogP contribution is -2.43. The highest BCUT2D eigenvalue weighted by Gasteiger charge is 2.22. The molecule has 0 saturated carbocycles. The minimum Gasteiger partial charge on any atom is -0.494 e. The zero-order valence-electron chi connectivity index (χ0n) is 14.8. The summed E-state index contributed by atoms with van der Waals surface area (Å²) < 4.78 is 19.7. The van der Waals surface area contributed by atoms with Crippen molar-refractivity contribution in [1.82, 2.24) is 10.2 Å². The molecule has 0 aliphatic carbocycles. The van der Waals surface area contributed by atoms with Gasteiger partial charge in [-0.3, -0.25) is 9.69 Å². The molecule has 0 spiro atoms. The van der Waals surface area contributed by atoms with E-state index in [2.05, 4.69) is 17.1 Å². The van der Waals surface area contributed by atoms with Gasteiger partial charge in [0.2, 0.25) is 0 Å². The van der Waals surface area contributed by atoms with E-state index in [1.807, 2.05) is 0 Å². The maximum atomic E-state index is 13.5. The number of nitrogens with zero attached hydrogens (tertiary/aromatic N) is 1. The number of carbonyl (C=O) groups is 1. The van der Waals surface area contributed by atoms with Gasteiger partial charge in [-0.2, -0.15) is 0 Å². The highest BCUT2D eigenvalue weighted by molar-refractivity contribution is 7.21. The molecule has 136 valence electrons. The summed E-state index contributed by atoms with van der Waals surface area (Å²) >= 11 is 1.34. The Morgan fingerprint density at radius 3 is 3.04 bits per heavy atom. The molecule has 1 aromatic heterocycles. The molecule has 3 rings (SSSR count). The predicted molar refractivity (Wildman–Crippen MR) is 100 cm³/mol. The number of thiophene rings is 1. The third-order valence-electron chi connectivity index (χ3n) is 4.92. The van der Waals surface area contributed by atoms with E-state index in [1.54, 1.807) is 6.07 Å². The van der Waals surface area contributed by atoms with Crippen LogP contribution in [0.1, 0.15) is 42.3 Å². The summed E-state index contributed by atoms with van der Waals surface area (Å²) in [5, 5.41) is 3.65. The lowest BCUT2D eigenvalue weighted by Gasteiger charge is -2.35. The Morgan fingerprint density at radius 2 is 2.28 bits per heavy atom. The van der Waals surface area contributed by atoms with Gasteiger partial charge in [0, 0.05) is 29.2 Å². The first-order valence-electron chi connectivity index (χ1n) is 8.92. The van der Waals surface area contributed by atoms with Crippen LogP contribution in [0.2, 0.25) is 0 Å². The third kappa shape index (κ3) is 3.96. The number of fused-ring (bicyclic) bond motifs is 1. The van der Waals surface area contributed by atoms with Gasteiger partial charge in [-0.15, -0.1) is 11.3 Å². The average Bonchev–Trinajstić information content (AvgIpc) is 2.99. The van der Waals surface area contributed by atoms with Crippen molar-refractivity contribution in [2.45, 2.75) is 38.6 Å². The number of halogens is 1. The minimum atomic E-state index is -0.328. The van der Waals surface area contributed by atoms with Gasteiger partial charge in [0.25, 0.3) is 5.91 Å². The number of rotatable bonds is 6. The Hall–Kier alpha value is -1.66. The second-order valence-corrected chi connectivity index (χ2v) is 7.51. The van der Waals surface area contributed by atoms with E-state index < -0.39 is 0 Å². The van der Waals surface area contributed by atoms with Gasteiger partial charge in [-0.05, 0) is 44.0 Å². The highest BCUT2D eigenvalue weighted by atomic mass is 32.1. The molecule has 1 aliphatic heterocycles. The van der Waals surface area contributed by atoms with E-state index in [4.69, 9.17) is 4.74 Å². The van der Waals surface area contributed by atoms with E-state index in [1.165, 1.54) is 49.8 Å². The molecule has 1 N–H and O–H groups in total. The SMILES string of the molecule is CC[C@@H]1CCCCN1CCNC(=O)c1sc2ccc(F)cc2c1OC. The number of methoxy groups -OCH3 is 1. The largest absolute Gasteiger partial charge is 0.494 e. The number of hydrogen-bond acceptors (Lipinski definition) is 4. The van der Waals surface area contributed by atoms with Crippen LogP contribution in [-0.4, -0.2) is 43.6 Å². The van der Waals surface area contributed by atoms with Crippen molar-refractivity contribution in [3.05, 3.63) is 28.9 Å². The Kier molecular flexibility index (Phi) is 5.91. The monoisotopic (exact) mass is 364 g/mol. The Balaban J connectivity index is 1.66. The van der Waals surface area contributed by atoms with Crippen LogP contribution in [0.15, 0.2) is 18.2 Å². The van der Waals surface area contributed by atoms with Gasteiger partial charge in [0.05, 0.1) is 7.11 Å². The molecule has 0 bridgehead atoms. The second kappa shape index (κ2) is 8.15. The molecular formula is C19H25FN2O2S. The summed E-state index contributed by atoms with van der Waals surface area (Å²) in [5.41, 5.74) is 0. The number of ether oxygens (including phenoxy) is 1. The van der Waals surface area contributed by atoms with Gasteiger partial charge in [-0.25, -0.2) is 4.39 Å². The van der Waals surface area contributed by atoms with Gasteiger partial charge < -0.3 is 10.1 Å².